The number of carbonyl (C=O) groups excluding carboxylic acids is 2. The molecule has 2 aliphatic rings. The number of pyridine rings is 1. The summed E-state index contributed by atoms with van der Waals surface area (Å²) in [4.78, 5) is 35.3. The molecule has 7 nitrogen and oxygen atoms in total. The van der Waals surface area contributed by atoms with Crippen molar-refractivity contribution in [2.24, 2.45) is 0 Å². The number of amides is 2. The number of carbonyl (C=O) groups is 2. The smallest absolute Gasteiger partial charge is 0.251 e. The highest BCUT2D eigenvalue weighted by Gasteiger charge is 2.40. The maximum atomic E-state index is 14.1. The lowest BCUT2D eigenvalue weighted by Gasteiger charge is -2.35. The van der Waals surface area contributed by atoms with E-state index in [2.05, 4.69) is 37.3 Å². The average Bonchev–Trinajstić information content (AvgIpc) is 3.54. The molecular formula is C28H35N5O2. The number of benzene rings is 1. The molecule has 1 saturated heterocycles. The maximum Gasteiger partial charge on any atom is 0.251 e. The Hall–Kier alpha value is -3.40. The third-order valence-corrected chi connectivity index (χ3v) is 7.12. The van der Waals surface area contributed by atoms with Gasteiger partial charge in [0, 0.05) is 36.2 Å². The summed E-state index contributed by atoms with van der Waals surface area (Å²) in [5.74, 6) is -0.442. The zero-order chi connectivity index (χ0) is 25.0. The Kier molecular flexibility index (Phi) is 7.39. The predicted molar refractivity (Wildman–Crippen MR) is 135 cm³/mol. The van der Waals surface area contributed by atoms with Crippen LogP contribution in [0, 0.1) is 11.5 Å². The topological polar surface area (TPSA) is 89.3 Å². The summed E-state index contributed by atoms with van der Waals surface area (Å²) in [5, 5.41) is 12.8. The van der Waals surface area contributed by atoms with Gasteiger partial charge in [-0.1, -0.05) is 51.8 Å². The standard InChI is InChI=1S/C28H35N5O2/c1-28(2,3)21-12-14-23(15-13-21)33(27(35)24-11-7-17-32(24)19-29)25(20-8-6-16-30-18-20)26(34)31-22-9-4-5-10-22/h6,8,12-16,18,22,24-25H,4-5,7,9-11,17H2,1-3H3,(H,31,34). The van der Waals surface area contributed by atoms with Gasteiger partial charge in [-0.25, -0.2) is 0 Å². The monoisotopic (exact) mass is 473 g/mol. The van der Waals surface area contributed by atoms with Crippen molar-refractivity contribution in [3.8, 4) is 6.19 Å². The van der Waals surface area contributed by atoms with E-state index in [0.717, 1.165) is 37.7 Å². The molecule has 184 valence electrons. The van der Waals surface area contributed by atoms with Crippen LogP contribution in [0.15, 0.2) is 48.8 Å². The fraction of sp³-hybridized carbons (Fsp3) is 0.500. The van der Waals surface area contributed by atoms with Crippen LogP contribution in [-0.4, -0.2) is 40.3 Å². The molecule has 1 aliphatic carbocycles. The Morgan fingerprint density at radius 1 is 1.11 bits per heavy atom. The molecule has 7 heteroatoms. The van der Waals surface area contributed by atoms with Gasteiger partial charge in [0.1, 0.15) is 12.1 Å². The zero-order valence-electron chi connectivity index (χ0n) is 20.9. The zero-order valence-corrected chi connectivity index (χ0v) is 20.9. The van der Waals surface area contributed by atoms with E-state index in [9.17, 15) is 14.9 Å². The molecule has 2 amide bonds. The number of hydrogen-bond donors (Lipinski definition) is 1. The molecular weight excluding hydrogens is 438 g/mol. The number of hydrogen-bond acceptors (Lipinski definition) is 5. The first kappa shape index (κ1) is 24.7. The molecule has 1 N–H and O–H groups in total. The van der Waals surface area contributed by atoms with Gasteiger partial charge >= 0.3 is 0 Å². The van der Waals surface area contributed by atoms with Crippen LogP contribution < -0.4 is 10.2 Å². The van der Waals surface area contributed by atoms with Gasteiger partial charge in [0.15, 0.2) is 6.19 Å². The Bertz CT molecular complexity index is 1070. The van der Waals surface area contributed by atoms with Crippen LogP contribution in [0.2, 0.25) is 0 Å². The van der Waals surface area contributed by atoms with Crippen molar-refractivity contribution < 1.29 is 9.59 Å². The van der Waals surface area contributed by atoms with Crippen LogP contribution in [0.4, 0.5) is 5.69 Å². The molecule has 2 aromatic rings. The second kappa shape index (κ2) is 10.5. The molecule has 2 fully saturated rings. The largest absolute Gasteiger partial charge is 0.351 e. The molecule has 0 bridgehead atoms. The van der Waals surface area contributed by atoms with Crippen LogP contribution in [-0.2, 0) is 15.0 Å². The van der Waals surface area contributed by atoms with E-state index in [0.29, 0.717) is 24.2 Å². The summed E-state index contributed by atoms with van der Waals surface area (Å²) in [7, 11) is 0. The van der Waals surface area contributed by atoms with Crippen LogP contribution in [0.25, 0.3) is 0 Å². The van der Waals surface area contributed by atoms with Gasteiger partial charge in [-0.15, -0.1) is 0 Å². The number of rotatable bonds is 6. The molecule has 0 radical (unpaired) electrons. The van der Waals surface area contributed by atoms with Gasteiger partial charge < -0.3 is 5.32 Å². The van der Waals surface area contributed by atoms with Crippen LogP contribution in [0.5, 0.6) is 0 Å². The van der Waals surface area contributed by atoms with Crippen LogP contribution in [0.3, 0.4) is 0 Å². The number of anilines is 1. The molecule has 2 unspecified atom stereocenters. The second-order valence-corrected chi connectivity index (χ2v) is 10.6. The van der Waals surface area contributed by atoms with Crippen molar-refractivity contribution in [2.45, 2.75) is 82.8 Å². The fourth-order valence-electron chi connectivity index (χ4n) is 5.13. The molecule has 35 heavy (non-hydrogen) atoms. The Morgan fingerprint density at radius 3 is 2.43 bits per heavy atom. The lowest BCUT2D eigenvalue weighted by atomic mass is 9.87. The van der Waals surface area contributed by atoms with Gasteiger partial charge in [-0.05, 0) is 54.9 Å². The quantitative estimate of drug-likeness (QED) is 0.626. The number of nitrogens with zero attached hydrogens (tertiary/aromatic N) is 4. The van der Waals surface area contributed by atoms with E-state index in [-0.39, 0.29) is 23.3 Å². The Morgan fingerprint density at radius 2 is 1.83 bits per heavy atom. The first-order chi connectivity index (χ1) is 16.8. The van der Waals surface area contributed by atoms with E-state index in [1.807, 2.05) is 30.3 Å². The summed E-state index contributed by atoms with van der Waals surface area (Å²) in [5.41, 5.74) is 2.39. The van der Waals surface area contributed by atoms with E-state index in [1.165, 1.54) is 4.90 Å². The third-order valence-electron chi connectivity index (χ3n) is 7.12. The molecule has 1 aromatic carbocycles. The minimum atomic E-state index is -0.876. The van der Waals surface area contributed by atoms with Gasteiger partial charge in [0.2, 0.25) is 5.91 Å². The highest BCUT2D eigenvalue weighted by molar-refractivity contribution is 6.04. The van der Waals surface area contributed by atoms with Crippen LogP contribution >= 0.6 is 0 Å². The van der Waals surface area contributed by atoms with Crippen molar-refractivity contribution in [3.05, 3.63) is 59.9 Å². The van der Waals surface area contributed by atoms with Crippen LogP contribution in [0.1, 0.15) is 76.5 Å². The lowest BCUT2D eigenvalue weighted by Crippen LogP contribution is -2.51. The highest BCUT2D eigenvalue weighted by atomic mass is 16.2. The summed E-state index contributed by atoms with van der Waals surface area (Å²) >= 11 is 0. The second-order valence-electron chi connectivity index (χ2n) is 10.6. The van der Waals surface area contributed by atoms with Gasteiger partial charge in [-0.2, -0.15) is 5.26 Å². The first-order valence-electron chi connectivity index (χ1n) is 12.6. The van der Waals surface area contributed by atoms with Crippen molar-refractivity contribution in [2.75, 3.05) is 11.4 Å². The summed E-state index contributed by atoms with van der Waals surface area (Å²) in [6.07, 6.45) is 10.9. The van der Waals surface area contributed by atoms with E-state index in [4.69, 9.17) is 0 Å². The normalized spacial score (nSPS) is 19.3. The highest BCUT2D eigenvalue weighted by Crippen LogP contribution is 2.33. The summed E-state index contributed by atoms with van der Waals surface area (Å²) in [6.45, 7) is 6.97. The molecule has 2 atom stereocenters. The van der Waals surface area contributed by atoms with Gasteiger partial charge in [-0.3, -0.25) is 24.4 Å². The van der Waals surface area contributed by atoms with Gasteiger partial charge in [0.05, 0.1) is 0 Å². The minimum Gasteiger partial charge on any atom is -0.351 e. The van der Waals surface area contributed by atoms with E-state index in [1.54, 1.807) is 23.4 Å². The number of aromatic nitrogens is 1. The molecule has 1 saturated carbocycles. The maximum absolute atomic E-state index is 14.1. The average molecular weight is 474 g/mol. The Balaban J connectivity index is 1.78. The Labute approximate surface area is 208 Å². The fourth-order valence-corrected chi connectivity index (χ4v) is 5.13. The molecule has 1 aliphatic heterocycles. The number of nitrogens with one attached hydrogen (secondary N) is 1. The van der Waals surface area contributed by atoms with Crippen molar-refractivity contribution in [3.63, 3.8) is 0 Å². The lowest BCUT2D eigenvalue weighted by molar-refractivity contribution is -0.128. The molecule has 1 aromatic heterocycles. The first-order valence-corrected chi connectivity index (χ1v) is 12.6. The predicted octanol–water partition coefficient (Wildman–Crippen LogP) is 4.46. The minimum absolute atomic E-state index is 0.0426. The van der Waals surface area contributed by atoms with E-state index >= 15 is 0 Å². The van der Waals surface area contributed by atoms with E-state index < -0.39 is 12.1 Å². The van der Waals surface area contributed by atoms with Crippen molar-refractivity contribution in [1.82, 2.24) is 15.2 Å². The summed E-state index contributed by atoms with van der Waals surface area (Å²) in [6, 6.07) is 10.1. The number of nitriles is 1. The van der Waals surface area contributed by atoms with Gasteiger partial charge in [0.25, 0.3) is 5.91 Å². The van der Waals surface area contributed by atoms with Crippen molar-refractivity contribution in [1.29, 1.82) is 5.26 Å². The SMILES string of the molecule is CC(C)(C)c1ccc(N(C(=O)C2CCCN2C#N)C(C(=O)NC2CCCC2)c2cccnc2)cc1. The molecule has 2 heterocycles. The van der Waals surface area contributed by atoms with Crippen molar-refractivity contribution >= 4 is 17.5 Å². The number of likely N-dealkylation sites (tertiary alicyclic amines) is 1. The molecule has 4 rings (SSSR count). The third kappa shape index (κ3) is 5.48. The molecule has 0 spiro atoms. The summed E-state index contributed by atoms with van der Waals surface area (Å²) < 4.78 is 0.